The topological polar surface area (TPSA) is 41.6 Å². The van der Waals surface area contributed by atoms with Crippen LogP contribution in [0.2, 0.25) is 5.02 Å². The lowest BCUT2D eigenvalue weighted by molar-refractivity contribution is 0.187. The number of rotatable bonds is 4. The Morgan fingerprint density at radius 2 is 2.04 bits per heavy atom. The van der Waals surface area contributed by atoms with E-state index in [-0.39, 0.29) is 0 Å². The molecule has 130 valence electrons. The molecule has 2 aromatic rings. The third-order valence-corrected chi connectivity index (χ3v) is 4.53. The van der Waals surface area contributed by atoms with Crippen molar-refractivity contribution in [2.45, 2.75) is 13.0 Å². The molecule has 0 bridgehead atoms. The number of benzene rings is 2. The molecule has 1 amide bonds. The van der Waals surface area contributed by atoms with E-state index in [1.165, 1.54) is 18.2 Å². The number of halogens is 1. The summed E-state index contributed by atoms with van der Waals surface area (Å²) in [5.41, 5.74) is 4.18. The van der Waals surface area contributed by atoms with Crippen LogP contribution in [0.25, 0.3) is 5.57 Å². The van der Waals surface area contributed by atoms with E-state index in [2.05, 4.69) is 40.6 Å². The van der Waals surface area contributed by atoms with Gasteiger partial charge in [-0.3, -0.25) is 10.2 Å². The van der Waals surface area contributed by atoms with Gasteiger partial charge in [0, 0.05) is 30.2 Å². The second kappa shape index (κ2) is 8.19. The van der Waals surface area contributed by atoms with E-state index in [9.17, 15) is 4.79 Å². The summed E-state index contributed by atoms with van der Waals surface area (Å²) < 4.78 is 4.70. The smallest absolute Gasteiger partial charge is 0.411 e. The minimum Gasteiger partial charge on any atom is -0.453 e. The van der Waals surface area contributed by atoms with Crippen LogP contribution in [-0.2, 0) is 11.3 Å². The Balaban J connectivity index is 1.74. The first-order valence-corrected chi connectivity index (χ1v) is 8.63. The first kappa shape index (κ1) is 17.5. The number of hydrogen-bond donors (Lipinski definition) is 1. The van der Waals surface area contributed by atoms with Crippen molar-refractivity contribution in [3.05, 3.63) is 70.8 Å². The quantitative estimate of drug-likeness (QED) is 0.854. The predicted octanol–water partition coefficient (Wildman–Crippen LogP) is 4.81. The van der Waals surface area contributed by atoms with Crippen LogP contribution in [0.15, 0.2) is 54.6 Å². The molecule has 0 radical (unpaired) electrons. The number of anilines is 1. The SMILES string of the molecule is COC(=O)Nc1ccc(Cl)cc1C1=CCN(Cc2ccccc2)CC1. The minimum atomic E-state index is -0.481. The molecule has 1 aliphatic heterocycles. The van der Waals surface area contributed by atoms with Crippen LogP contribution in [0, 0.1) is 0 Å². The van der Waals surface area contributed by atoms with E-state index in [0.717, 1.165) is 37.3 Å². The molecule has 5 heteroatoms. The van der Waals surface area contributed by atoms with E-state index in [4.69, 9.17) is 16.3 Å². The molecule has 3 rings (SSSR count). The number of nitrogens with zero attached hydrogens (tertiary/aromatic N) is 1. The highest BCUT2D eigenvalue weighted by molar-refractivity contribution is 6.30. The van der Waals surface area contributed by atoms with Crippen LogP contribution in [0.5, 0.6) is 0 Å². The van der Waals surface area contributed by atoms with Gasteiger partial charge in [-0.05, 0) is 35.8 Å². The van der Waals surface area contributed by atoms with Gasteiger partial charge < -0.3 is 4.74 Å². The summed E-state index contributed by atoms with van der Waals surface area (Å²) in [6, 6.07) is 15.9. The van der Waals surface area contributed by atoms with Crippen molar-refractivity contribution in [1.82, 2.24) is 4.90 Å². The monoisotopic (exact) mass is 356 g/mol. The summed E-state index contributed by atoms with van der Waals surface area (Å²) in [7, 11) is 1.35. The Hall–Kier alpha value is -2.30. The summed E-state index contributed by atoms with van der Waals surface area (Å²) in [5.74, 6) is 0. The maximum atomic E-state index is 11.6. The van der Waals surface area contributed by atoms with Crippen LogP contribution < -0.4 is 5.32 Å². The van der Waals surface area contributed by atoms with Crippen LogP contribution in [0.4, 0.5) is 10.5 Å². The van der Waals surface area contributed by atoms with E-state index in [1.807, 2.05) is 18.2 Å². The fraction of sp³-hybridized carbons (Fsp3) is 0.250. The fourth-order valence-electron chi connectivity index (χ4n) is 2.99. The van der Waals surface area contributed by atoms with E-state index in [0.29, 0.717) is 5.02 Å². The number of amides is 1. The Morgan fingerprint density at radius 3 is 2.72 bits per heavy atom. The first-order valence-electron chi connectivity index (χ1n) is 8.26. The molecule has 0 atom stereocenters. The molecule has 0 saturated heterocycles. The van der Waals surface area contributed by atoms with Crippen molar-refractivity contribution < 1.29 is 9.53 Å². The van der Waals surface area contributed by atoms with Gasteiger partial charge in [-0.15, -0.1) is 0 Å². The van der Waals surface area contributed by atoms with E-state index in [1.54, 1.807) is 6.07 Å². The van der Waals surface area contributed by atoms with Gasteiger partial charge in [-0.25, -0.2) is 4.79 Å². The van der Waals surface area contributed by atoms with E-state index >= 15 is 0 Å². The largest absolute Gasteiger partial charge is 0.453 e. The van der Waals surface area contributed by atoms with Crippen molar-refractivity contribution in [1.29, 1.82) is 0 Å². The minimum absolute atomic E-state index is 0.481. The molecular weight excluding hydrogens is 336 g/mol. The zero-order valence-corrected chi connectivity index (χ0v) is 14.9. The van der Waals surface area contributed by atoms with Crippen molar-refractivity contribution >= 4 is 29.0 Å². The van der Waals surface area contributed by atoms with Crippen LogP contribution in [0.1, 0.15) is 17.5 Å². The number of carbonyl (C=O) groups excluding carboxylic acids is 1. The number of methoxy groups -OCH3 is 1. The highest BCUT2D eigenvalue weighted by Crippen LogP contribution is 2.31. The van der Waals surface area contributed by atoms with Gasteiger partial charge >= 0.3 is 6.09 Å². The highest BCUT2D eigenvalue weighted by atomic mass is 35.5. The standard InChI is InChI=1S/C20H21ClN2O2/c1-25-20(24)22-19-8-7-17(21)13-18(19)16-9-11-23(12-10-16)14-15-5-3-2-4-6-15/h2-9,13H,10-12,14H2,1H3,(H,22,24). The van der Waals surface area contributed by atoms with Crippen LogP contribution in [0.3, 0.4) is 0 Å². The second-order valence-electron chi connectivity index (χ2n) is 6.01. The van der Waals surface area contributed by atoms with Crippen molar-refractivity contribution in [3.63, 3.8) is 0 Å². The molecule has 25 heavy (non-hydrogen) atoms. The lowest BCUT2D eigenvalue weighted by Gasteiger charge is -2.27. The van der Waals surface area contributed by atoms with E-state index < -0.39 is 6.09 Å². The molecule has 2 aromatic carbocycles. The Morgan fingerprint density at radius 1 is 1.24 bits per heavy atom. The molecule has 0 unspecified atom stereocenters. The number of ether oxygens (including phenoxy) is 1. The third-order valence-electron chi connectivity index (χ3n) is 4.29. The van der Waals surface area contributed by atoms with Crippen molar-refractivity contribution in [2.24, 2.45) is 0 Å². The molecule has 0 saturated carbocycles. The van der Waals surface area contributed by atoms with Gasteiger partial charge in [-0.2, -0.15) is 0 Å². The lowest BCUT2D eigenvalue weighted by Crippen LogP contribution is -2.28. The molecule has 0 spiro atoms. The molecule has 1 aliphatic rings. The zero-order valence-electron chi connectivity index (χ0n) is 14.2. The van der Waals surface area contributed by atoms with Gasteiger partial charge in [0.15, 0.2) is 0 Å². The van der Waals surface area contributed by atoms with Gasteiger partial charge in [0.25, 0.3) is 0 Å². The molecular formula is C20H21ClN2O2. The van der Waals surface area contributed by atoms with Gasteiger partial charge in [0.2, 0.25) is 0 Å². The predicted molar refractivity (Wildman–Crippen MR) is 102 cm³/mol. The summed E-state index contributed by atoms with van der Waals surface area (Å²) in [4.78, 5) is 14.0. The Labute approximate surface area is 153 Å². The molecule has 1 N–H and O–H groups in total. The summed E-state index contributed by atoms with van der Waals surface area (Å²) in [5, 5.41) is 3.41. The molecule has 1 heterocycles. The molecule has 4 nitrogen and oxygen atoms in total. The summed E-state index contributed by atoms with van der Waals surface area (Å²) >= 11 is 6.16. The highest BCUT2D eigenvalue weighted by Gasteiger charge is 2.17. The average molecular weight is 357 g/mol. The van der Waals surface area contributed by atoms with Crippen molar-refractivity contribution in [2.75, 3.05) is 25.5 Å². The maximum absolute atomic E-state index is 11.6. The van der Waals surface area contributed by atoms with Crippen molar-refractivity contribution in [3.8, 4) is 0 Å². The van der Waals surface area contributed by atoms with Gasteiger partial charge in [0.05, 0.1) is 12.8 Å². The molecule has 0 aromatic heterocycles. The summed E-state index contributed by atoms with van der Waals surface area (Å²) in [6.07, 6.45) is 2.63. The van der Waals surface area contributed by atoms with Gasteiger partial charge in [0.1, 0.15) is 0 Å². The second-order valence-corrected chi connectivity index (χ2v) is 6.44. The number of hydrogen-bond acceptors (Lipinski definition) is 3. The van der Waals surface area contributed by atoms with Gasteiger partial charge in [-0.1, -0.05) is 48.0 Å². The normalized spacial score (nSPS) is 14.7. The number of nitrogens with one attached hydrogen (secondary N) is 1. The molecule has 0 aliphatic carbocycles. The lowest BCUT2D eigenvalue weighted by atomic mass is 9.97. The molecule has 0 fully saturated rings. The fourth-order valence-corrected chi connectivity index (χ4v) is 3.17. The zero-order chi connectivity index (χ0) is 17.6. The summed E-state index contributed by atoms with van der Waals surface area (Å²) in [6.45, 7) is 2.77. The number of carbonyl (C=O) groups is 1. The first-order chi connectivity index (χ1) is 12.2. The Kier molecular flexibility index (Phi) is 5.74. The average Bonchev–Trinajstić information content (AvgIpc) is 2.64. The maximum Gasteiger partial charge on any atom is 0.411 e. The van der Waals surface area contributed by atoms with Crippen LogP contribution in [-0.4, -0.2) is 31.2 Å². The third kappa shape index (κ3) is 4.62. The van der Waals surface area contributed by atoms with Crippen LogP contribution >= 0.6 is 11.6 Å². The Bertz CT molecular complexity index is 775.